The summed E-state index contributed by atoms with van der Waals surface area (Å²) in [5.74, 6) is 0.0583. The zero-order valence-corrected chi connectivity index (χ0v) is 6.80. The molecule has 3 heteroatoms. The van der Waals surface area contributed by atoms with Gasteiger partial charge in [0.1, 0.15) is 6.61 Å². The average molecular weight is 167 g/mol. The molecule has 1 heterocycles. The van der Waals surface area contributed by atoms with Gasteiger partial charge < -0.3 is 10.5 Å². The number of rotatable bonds is 0. The van der Waals surface area contributed by atoms with E-state index in [1.54, 1.807) is 13.0 Å². The first-order valence-electron chi connectivity index (χ1n) is 3.87. The summed E-state index contributed by atoms with van der Waals surface area (Å²) in [4.78, 5) is 0. The maximum Gasteiger partial charge on any atom is 0.168 e. The van der Waals surface area contributed by atoms with Crippen LogP contribution in [0.5, 0.6) is 5.75 Å². The van der Waals surface area contributed by atoms with Crippen LogP contribution in [-0.2, 0) is 0 Å². The molecule has 1 aromatic carbocycles. The first kappa shape index (κ1) is 7.55. The fourth-order valence-electron chi connectivity index (χ4n) is 1.37. The van der Waals surface area contributed by atoms with E-state index in [9.17, 15) is 4.39 Å². The lowest BCUT2D eigenvalue weighted by atomic mass is 10.1. The van der Waals surface area contributed by atoms with Gasteiger partial charge in [0.25, 0.3) is 0 Å². The Morgan fingerprint density at radius 2 is 2.33 bits per heavy atom. The van der Waals surface area contributed by atoms with Crippen molar-refractivity contribution in [3.63, 3.8) is 0 Å². The number of nitrogens with two attached hydrogens (primary N) is 1. The van der Waals surface area contributed by atoms with Gasteiger partial charge >= 0.3 is 0 Å². The maximum atomic E-state index is 13.3. The zero-order chi connectivity index (χ0) is 8.72. The molecule has 1 aliphatic rings. The average Bonchev–Trinajstić information content (AvgIpc) is 2.41. The fourth-order valence-corrected chi connectivity index (χ4v) is 1.37. The van der Waals surface area contributed by atoms with Crippen molar-refractivity contribution in [2.75, 3.05) is 6.61 Å². The molecular weight excluding hydrogens is 157 g/mol. The van der Waals surface area contributed by atoms with Crippen LogP contribution in [0.3, 0.4) is 0 Å². The second-order valence-electron chi connectivity index (χ2n) is 3.03. The zero-order valence-electron chi connectivity index (χ0n) is 6.80. The molecule has 0 aromatic heterocycles. The largest absolute Gasteiger partial charge is 0.488 e. The van der Waals surface area contributed by atoms with Crippen LogP contribution in [0.1, 0.15) is 17.2 Å². The van der Waals surface area contributed by atoms with Crippen molar-refractivity contribution < 1.29 is 9.13 Å². The highest BCUT2D eigenvalue weighted by atomic mass is 19.1. The van der Waals surface area contributed by atoms with Crippen molar-refractivity contribution in [1.82, 2.24) is 0 Å². The van der Waals surface area contributed by atoms with E-state index in [0.29, 0.717) is 17.9 Å². The monoisotopic (exact) mass is 167 g/mol. The predicted octanol–water partition coefficient (Wildman–Crippen LogP) is 1.53. The summed E-state index contributed by atoms with van der Waals surface area (Å²) in [6, 6.07) is 3.38. The van der Waals surface area contributed by atoms with E-state index in [1.165, 1.54) is 0 Å². The molecule has 0 saturated heterocycles. The number of halogens is 1. The summed E-state index contributed by atoms with van der Waals surface area (Å²) >= 11 is 0. The summed E-state index contributed by atoms with van der Waals surface area (Å²) in [6.07, 6.45) is 0. The third-order valence-corrected chi connectivity index (χ3v) is 2.13. The Balaban J connectivity index is 2.60. The highest BCUT2D eigenvalue weighted by Crippen LogP contribution is 2.34. The third-order valence-electron chi connectivity index (χ3n) is 2.13. The quantitative estimate of drug-likeness (QED) is 0.636. The Kier molecular flexibility index (Phi) is 1.54. The smallest absolute Gasteiger partial charge is 0.168 e. The number of ether oxygens (including phenoxy) is 1. The summed E-state index contributed by atoms with van der Waals surface area (Å²) in [5, 5.41) is 0. The maximum absolute atomic E-state index is 13.3. The minimum absolute atomic E-state index is 0.171. The van der Waals surface area contributed by atoms with Crippen LogP contribution in [0, 0.1) is 12.7 Å². The summed E-state index contributed by atoms with van der Waals surface area (Å²) in [6.45, 7) is 2.10. The number of hydrogen-bond donors (Lipinski definition) is 1. The van der Waals surface area contributed by atoms with Gasteiger partial charge in [0, 0.05) is 5.56 Å². The molecule has 0 aliphatic carbocycles. The summed E-state index contributed by atoms with van der Waals surface area (Å²) in [5.41, 5.74) is 7.05. The Morgan fingerprint density at radius 1 is 1.58 bits per heavy atom. The van der Waals surface area contributed by atoms with E-state index in [4.69, 9.17) is 10.5 Å². The van der Waals surface area contributed by atoms with Gasteiger partial charge in [0.15, 0.2) is 11.6 Å². The van der Waals surface area contributed by atoms with Crippen LogP contribution in [0.15, 0.2) is 12.1 Å². The van der Waals surface area contributed by atoms with Gasteiger partial charge in [-0.25, -0.2) is 4.39 Å². The van der Waals surface area contributed by atoms with E-state index in [0.717, 1.165) is 5.56 Å². The Bertz CT molecular complexity index is 325. The van der Waals surface area contributed by atoms with E-state index < -0.39 is 0 Å². The standard InChI is InChI=1S/C9H10FNO/c1-5-2-3-6-7(11)4-12-9(6)8(5)10/h2-3,7H,4,11H2,1H3. The van der Waals surface area contributed by atoms with Crippen molar-refractivity contribution in [3.8, 4) is 5.75 Å². The third kappa shape index (κ3) is 0.898. The van der Waals surface area contributed by atoms with Crippen molar-refractivity contribution in [3.05, 3.63) is 29.1 Å². The van der Waals surface area contributed by atoms with Crippen molar-refractivity contribution in [2.24, 2.45) is 5.73 Å². The van der Waals surface area contributed by atoms with Crippen molar-refractivity contribution in [2.45, 2.75) is 13.0 Å². The van der Waals surface area contributed by atoms with Gasteiger partial charge in [-0.1, -0.05) is 12.1 Å². The topological polar surface area (TPSA) is 35.2 Å². The van der Waals surface area contributed by atoms with Gasteiger partial charge in [0.2, 0.25) is 0 Å². The van der Waals surface area contributed by atoms with E-state index >= 15 is 0 Å². The van der Waals surface area contributed by atoms with Crippen LogP contribution in [-0.4, -0.2) is 6.61 Å². The first-order valence-corrected chi connectivity index (χ1v) is 3.87. The van der Waals surface area contributed by atoms with Gasteiger partial charge in [0.05, 0.1) is 6.04 Å². The Hall–Kier alpha value is -1.09. The minimum atomic E-state index is -0.277. The highest BCUT2D eigenvalue weighted by molar-refractivity contribution is 5.43. The minimum Gasteiger partial charge on any atom is -0.488 e. The Morgan fingerprint density at radius 3 is 3.08 bits per heavy atom. The number of hydrogen-bond acceptors (Lipinski definition) is 2. The number of fused-ring (bicyclic) bond motifs is 1. The lowest BCUT2D eigenvalue weighted by Gasteiger charge is -2.03. The number of benzene rings is 1. The van der Waals surface area contributed by atoms with Crippen molar-refractivity contribution >= 4 is 0 Å². The van der Waals surface area contributed by atoms with E-state index in [2.05, 4.69) is 0 Å². The highest BCUT2D eigenvalue weighted by Gasteiger charge is 2.24. The second-order valence-corrected chi connectivity index (χ2v) is 3.03. The molecule has 0 radical (unpaired) electrons. The molecule has 0 spiro atoms. The lowest BCUT2D eigenvalue weighted by Crippen LogP contribution is -2.10. The predicted molar refractivity (Wildman–Crippen MR) is 43.6 cm³/mol. The first-order chi connectivity index (χ1) is 5.70. The molecule has 0 saturated carbocycles. The van der Waals surface area contributed by atoms with Crippen LogP contribution >= 0.6 is 0 Å². The van der Waals surface area contributed by atoms with Gasteiger partial charge in [-0.2, -0.15) is 0 Å². The molecule has 12 heavy (non-hydrogen) atoms. The molecule has 0 bridgehead atoms. The molecule has 1 aromatic rings. The fraction of sp³-hybridized carbons (Fsp3) is 0.333. The molecular formula is C9H10FNO. The van der Waals surface area contributed by atoms with Crippen LogP contribution in [0.2, 0.25) is 0 Å². The molecule has 2 rings (SSSR count). The molecule has 1 atom stereocenters. The lowest BCUT2D eigenvalue weighted by molar-refractivity contribution is 0.318. The molecule has 2 nitrogen and oxygen atoms in total. The number of aryl methyl sites for hydroxylation is 1. The summed E-state index contributed by atoms with van der Waals surface area (Å²) < 4.78 is 18.4. The van der Waals surface area contributed by atoms with Crippen LogP contribution in [0.4, 0.5) is 4.39 Å². The molecule has 2 N–H and O–H groups in total. The molecule has 1 aliphatic heterocycles. The molecule has 64 valence electrons. The molecule has 1 unspecified atom stereocenters. The summed E-state index contributed by atoms with van der Waals surface area (Å²) in [7, 11) is 0. The second kappa shape index (κ2) is 2.45. The molecule has 0 amide bonds. The SMILES string of the molecule is Cc1ccc2c(c1F)OCC2N. The normalized spacial score (nSPS) is 20.4. The van der Waals surface area contributed by atoms with Crippen LogP contribution in [0.25, 0.3) is 0 Å². The van der Waals surface area contributed by atoms with Gasteiger partial charge in [-0.3, -0.25) is 0 Å². The van der Waals surface area contributed by atoms with Gasteiger partial charge in [-0.15, -0.1) is 0 Å². The van der Waals surface area contributed by atoms with Crippen LogP contribution < -0.4 is 10.5 Å². The van der Waals surface area contributed by atoms with Gasteiger partial charge in [-0.05, 0) is 12.5 Å². The van der Waals surface area contributed by atoms with Crippen molar-refractivity contribution in [1.29, 1.82) is 0 Å². The molecule has 0 fully saturated rings. The Labute approximate surface area is 70.1 Å². The van der Waals surface area contributed by atoms with E-state index in [-0.39, 0.29) is 11.9 Å². The van der Waals surface area contributed by atoms with E-state index in [1.807, 2.05) is 6.07 Å².